The first-order valence-corrected chi connectivity index (χ1v) is 8.43. The van der Waals surface area contributed by atoms with Crippen LogP contribution in [0.15, 0.2) is 28.7 Å². The lowest BCUT2D eigenvalue weighted by molar-refractivity contribution is 0.0963. The van der Waals surface area contributed by atoms with Crippen molar-refractivity contribution in [2.45, 2.75) is 45.2 Å². The van der Waals surface area contributed by atoms with Crippen molar-refractivity contribution in [2.24, 2.45) is 0 Å². The minimum absolute atomic E-state index is 0.0558. The topological polar surface area (TPSA) is 71.3 Å². The fourth-order valence-corrected chi connectivity index (χ4v) is 3.37. The first kappa shape index (κ1) is 16.6. The van der Waals surface area contributed by atoms with Crippen LogP contribution in [-0.4, -0.2) is 40.6 Å². The molecule has 24 heavy (non-hydrogen) atoms. The maximum Gasteiger partial charge on any atom is 0.251 e. The van der Waals surface area contributed by atoms with E-state index < -0.39 is 0 Å². The van der Waals surface area contributed by atoms with Crippen LogP contribution in [0.25, 0.3) is 0 Å². The summed E-state index contributed by atoms with van der Waals surface area (Å²) in [5.74, 6) is 1.60. The Bertz CT molecular complexity index is 695. The molecule has 1 aliphatic heterocycles. The van der Waals surface area contributed by atoms with Crippen molar-refractivity contribution in [3.8, 4) is 0 Å². The molecule has 2 heterocycles. The zero-order valence-electron chi connectivity index (χ0n) is 14.5. The Labute approximate surface area is 142 Å². The number of hydrogen-bond donors (Lipinski definition) is 1. The fraction of sp³-hybridized carbons (Fsp3) is 0.500. The van der Waals surface area contributed by atoms with E-state index >= 15 is 0 Å². The highest BCUT2D eigenvalue weighted by atomic mass is 16.4. The van der Waals surface area contributed by atoms with Crippen LogP contribution in [0.2, 0.25) is 0 Å². The second kappa shape index (κ2) is 7.13. The normalized spacial score (nSPS) is 21.6. The van der Waals surface area contributed by atoms with Crippen molar-refractivity contribution in [1.29, 1.82) is 0 Å². The van der Waals surface area contributed by atoms with Gasteiger partial charge in [-0.1, -0.05) is 12.1 Å². The van der Waals surface area contributed by atoms with E-state index in [1.165, 1.54) is 5.56 Å². The van der Waals surface area contributed by atoms with Gasteiger partial charge in [-0.2, -0.15) is 0 Å². The first-order chi connectivity index (χ1) is 11.6. The van der Waals surface area contributed by atoms with Gasteiger partial charge in [0.05, 0.1) is 5.92 Å². The van der Waals surface area contributed by atoms with Gasteiger partial charge in [0.2, 0.25) is 11.8 Å². The molecule has 6 heteroatoms. The van der Waals surface area contributed by atoms with E-state index in [2.05, 4.69) is 27.3 Å². The predicted molar refractivity (Wildman–Crippen MR) is 90.7 cm³/mol. The molecule has 0 bridgehead atoms. The molecule has 1 aliphatic rings. The second-order valence-corrected chi connectivity index (χ2v) is 6.40. The molecule has 1 fully saturated rings. The average Bonchev–Trinajstić information content (AvgIpc) is 3.03. The molecule has 0 spiro atoms. The van der Waals surface area contributed by atoms with Gasteiger partial charge in [0.15, 0.2) is 0 Å². The highest BCUT2D eigenvalue weighted by Gasteiger charge is 2.32. The Kier molecular flexibility index (Phi) is 4.94. The van der Waals surface area contributed by atoms with Crippen LogP contribution in [0.3, 0.4) is 0 Å². The molecule has 1 saturated heterocycles. The molecule has 0 radical (unpaired) electrons. The van der Waals surface area contributed by atoms with Crippen molar-refractivity contribution in [1.82, 2.24) is 20.4 Å². The zero-order valence-corrected chi connectivity index (χ0v) is 14.5. The smallest absolute Gasteiger partial charge is 0.251 e. The average molecular weight is 328 g/mol. The zero-order chi connectivity index (χ0) is 17.1. The number of aryl methyl sites for hydroxylation is 1. The number of likely N-dealkylation sites (tertiary alicyclic amines) is 1. The van der Waals surface area contributed by atoms with Gasteiger partial charge in [0.1, 0.15) is 0 Å². The Morgan fingerprint density at radius 3 is 2.71 bits per heavy atom. The maximum atomic E-state index is 11.6. The number of amides is 1. The summed E-state index contributed by atoms with van der Waals surface area (Å²) in [6.45, 7) is 5.97. The third kappa shape index (κ3) is 3.48. The molecule has 1 N–H and O–H groups in total. The number of rotatable bonds is 4. The van der Waals surface area contributed by atoms with Crippen LogP contribution in [0.1, 0.15) is 53.4 Å². The molecular formula is C18H24N4O2. The molecule has 2 atom stereocenters. The van der Waals surface area contributed by atoms with Crippen LogP contribution < -0.4 is 5.32 Å². The monoisotopic (exact) mass is 328 g/mol. The molecule has 1 amide bonds. The summed E-state index contributed by atoms with van der Waals surface area (Å²) in [5, 5.41) is 10.8. The van der Waals surface area contributed by atoms with Crippen LogP contribution in [0.4, 0.5) is 0 Å². The second-order valence-electron chi connectivity index (χ2n) is 6.40. The summed E-state index contributed by atoms with van der Waals surface area (Å²) < 4.78 is 5.65. The van der Waals surface area contributed by atoms with Gasteiger partial charge < -0.3 is 9.73 Å². The number of carbonyl (C=O) groups is 1. The van der Waals surface area contributed by atoms with Crippen molar-refractivity contribution in [3.05, 3.63) is 47.2 Å². The summed E-state index contributed by atoms with van der Waals surface area (Å²) >= 11 is 0. The minimum Gasteiger partial charge on any atom is -0.425 e. The van der Waals surface area contributed by atoms with Crippen molar-refractivity contribution in [2.75, 3.05) is 13.6 Å². The molecule has 6 nitrogen and oxygen atoms in total. The fourth-order valence-electron chi connectivity index (χ4n) is 3.37. The van der Waals surface area contributed by atoms with Crippen LogP contribution in [-0.2, 0) is 6.54 Å². The molecule has 1 aromatic carbocycles. The van der Waals surface area contributed by atoms with Crippen molar-refractivity contribution in [3.63, 3.8) is 0 Å². The number of benzene rings is 1. The van der Waals surface area contributed by atoms with Gasteiger partial charge in [-0.05, 0) is 44.0 Å². The number of piperidine rings is 1. The van der Waals surface area contributed by atoms with Crippen LogP contribution >= 0.6 is 0 Å². The quantitative estimate of drug-likeness (QED) is 0.934. The van der Waals surface area contributed by atoms with Gasteiger partial charge in [-0.25, -0.2) is 0 Å². The van der Waals surface area contributed by atoms with Gasteiger partial charge >= 0.3 is 0 Å². The van der Waals surface area contributed by atoms with Gasteiger partial charge in [0.25, 0.3) is 5.91 Å². The molecule has 1 aromatic heterocycles. The van der Waals surface area contributed by atoms with Gasteiger partial charge in [-0.15, -0.1) is 10.2 Å². The molecule has 128 valence electrons. The standard InChI is InChI=1S/C18H24N4O2/c1-12-16(18-21-20-13(2)24-18)5-4-10-22(12)11-14-6-8-15(9-7-14)17(23)19-3/h6-9,12,16H,4-5,10-11H2,1-3H3,(H,19,23)/t12-,16-/m0/s1. The lowest BCUT2D eigenvalue weighted by Crippen LogP contribution is -2.41. The van der Waals surface area contributed by atoms with Gasteiger partial charge in [-0.3, -0.25) is 9.69 Å². The highest BCUT2D eigenvalue weighted by Crippen LogP contribution is 2.32. The van der Waals surface area contributed by atoms with Crippen molar-refractivity contribution < 1.29 is 9.21 Å². The largest absolute Gasteiger partial charge is 0.425 e. The Balaban J connectivity index is 1.69. The van der Waals surface area contributed by atoms with E-state index in [0.29, 0.717) is 17.5 Å². The molecule has 2 aromatic rings. The van der Waals surface area contributed by atoms with E-state index in [-0.39, 0.29) is 11.8 Å². The Hall–Kier alpha value is -2.21. The SMILES string of the molecule is CNC(=O)c1ccc(CN2CCC[C@H](c3nnc(C)o3)[C@@H]2C)cc1. The maximum absolute atomic E-state index is 11.6. The van der Waals surface area contributed by atoms with Gasteiger partial charge in [0, 0.05) is 32.1 Å². The summed E-state index contributed by atoms with van der Waals surface area (Å²) in [5.41, 5.74) is 1.89. The third-order valence-electron chi connectivity index (χ3n) is 4.81. The lowest BCUT2D eigenvalue weighted by atomic mass is 9.89. The minimum atomic E-state index is -0.0558. The summed E-state index contributed by atoms with van der Waals surface area (Å²) in [7, 11) is 1.64. The summed E-state index contributed by atoms with van der Waals surface area (Å²) in [4.78, 5) is 14.1. The summed E-state index contributed by atoms with van der Waals surface area (Å²) in [6, 6.07) is 8.15. The summed E-state index contributed by atoms with van der Waals surface area (Å²) in [6.07, 6.45) is 2.20. The number of carbonyl (C=O) groups excluding carboxylic acids is 1. The van der Waals surface area contributed by atoms with E-state index in [1.54, 1.807) is 7.05 Å². The number of aromatic nitrogens is 2. The number of nitrogens with one attached hydrogen (secondary N) is 1. The highest BCUT2D eigenvalue weighted by molar-refractivity contribution is 5.93. The molecule has 0 aliphatic carbocycles. The van der Waals surface area contributed by atoms with E-state index in [4.69, 9.17) is 4.42 Å². The van der Waals surface area contributed by atoms with Crippen LogP contribution in [0.5, 0.6) is 0 Å². The lowest BCUT2D eigenvalue weighted by Gasteiger charge is -2.37. The molecule has 0 saturated carbocycles. The van der Waals surface area contributed by atoms with E-state index in [9.17, 15) is 4.79 Å². The Morgan fingerprint density at radius 1 is 1.33 bits per heavy atom. The van der Waals surface area contributed by atoms with Crippen molar-refractivity contribution >= 4 is 5.91 Å². The van der Waals surface area contributed by atoms with E-state index in [0.717, 1.165) is 31.8 Å². The van der Waals surface area contributed by atoms with Crippen LogP contribution in [0, 0.1) is 6.92 Å². The number of hydrogen-bond acceptors (Lipinski definition) is 5. The number of nitrogens with zero attached hydrogens (tertiary/aromatic N) is 3. The first-order valence-electron chi connectivity index (χ1n) is 8.43. The molecular weight excluding hydrogens is 304 g/mol. The van der Waals surface area contributed by atoms with E-state index in [1.807, 2.05) is 31.2 Å². The predicted octanol–water partition coefficient (Wildman–Crippen LogP) is 2.51. The molecule has 3 rings (SSSR count). The third-order valence-corrected chi connectivity index (χ3v) is 4.81. The Morgan fingerprint density at radius 2 is 2.08 bits per heavy atom. The molecule has 0 unspecified atom stereocenters.